The Morgan fingerprint density at radius 2 is 0.593 bits per heavy atom. The van der Waals surface area contributed by atoms with E-state index in [0.29, 0.717) is 22.3 Å². The molecule has 0 fully saturated rings. The fourth-order valence-corrected chi connectivity index (χ4v) is 9.55. The molecule has 0 radical (unpaired) electrons. The van der Waals surface area contributed by atoms with Crippen LogP contribution in [0.4, 0.5) is 0 Å². The SMILES string of the molecule is CP(=O)(OCc1ccccc1)OC[C@H](OP(C)(=O)OCc1ccccc1)[C@@H](COP(=O)(OCc1ccccc1)OCc1ccccc1)OP(C)(=O)OCc1ccccc1. The summed E-state index contributed by atoms with van der Waals surface area (Å²) in [4.78, 5) is 0. The third-order valence-electron chi connectivity index (χ3n) is 8.33. The van der Waals surface area contributed by atoms with Gasteiger partial charge in [-0.3, -0.25) is 27.3 Å². The van der Waals surface area contributed by atoms with Crippen LogP contribution in [-0.4, -0.2) is 45.4 Å². The standard InChI is InChI=1S/C42H50O13P4/c1-56(43,47-29-36-19-9-4-10-20-36)50-34-41(54-57(2,44)48-30-37-21-11-5-12-22-37)42(55-58(3,45)49-31-38-23-13-6-14-24-38)35-53-59(46,51-32-39-25-15-7-16-26-39)52-33-40-27-17-8-18-28-40/h4-28,41-42H,29-35H2,1-3H3/t41-,42+,56?,57?,58?/m0/s1. The predicted molar refractivity (Wildman–Crippen MR) is 226 cm³/mol. The Morgan fingerprint density at radius 3 is 0.898 bits per heavy atom. The Morgan fingerprint density at radius 1 is 0.339 bits per heavy atom. The van der Waals surface area contributed by atoms with Gasteiger partial charge in [0.15, 0.2) is 0 Å². The Balaban J connectivity index is 1.43. The molecule has 0 N–H and O–H groups in total. The molecule has 0 spiro atoms. The first-order valence-corrected chi connectivity index (χ1v) is 26.1. The van der Waals surface area contributed by atoms with Gasteiger partial charge in [-0.2, -0.15) is 0 Å². The summed E-state index contributed by atoms with van der Waals surface area (Å²) in [6.45, 7) is 1.97. The van der Waals surface area contributed by atoms with Crippen molar-refractivity contribution in [3.8, 4) is 0 Å². The number of hydrogen-bond donors (Lipinski definition) is 0. The van der Waals surface area contributed by atoms with E-state index in [1.807, 2.05) is 42.5 Å². The molecule has 0 aliphatic carbocycles. The van der Waals surface area contributed by atoms with Crippen molar-refractivity contribution in [1.29, 1.82) is 0 Å². The average Bonchev–Trinajstić information content (AvgIpc) is 3.25. The Bertz CT molecular complexity index is 2120. The third-order valence-corrected chi connectivity index (χ3v) is 13.4. The summed E-state index contributed by atoms with van der Waals surface area (Å²) in [7, 11) is -16.4. The highest BCUT2D eigenvalue weighted by molar-refractivity contribution is 7.53. The van der Waals surface area contributed by atoms with Crippen LogP contribution in [0.2, 0.25) is 0 Å². The molecule has 17 heteroatoms. The molecule has 3 unspecified atom stereocenters. The van der Waals surface area contributed by atoms with Crippen LogP contribution < -0.4 is 0 Å². The Labute approximate surface area is 346 Å². The lowest BCUT2D eigenvalue weighted by molar-refractivity contribution is -0.0275. The lowest BCUT2D eigenvalue weighted by atomic mass is 10.2. The van der Waals surface area contributed by atoms with E-state index >= 15 is 0 Å². The van der Waals surface area contributed by atoms with Gasteiger partial charge >= 0.3 is 30.6 Å². The van der Waals surface area contributed by atoms with E-state index in [0.717, 1.165) is 5.56 Å². The number of hydrogen-bond acceptors (Lipinski definition) is 13. The first-order valence-electron chi connectivity index (χ1n) is 18.7. The number of phosphoric ester groups is 1. The molecule has 13 nitrogen and oxygen atoms in total. The summed E-state index contributed by atoms with van der Waals surface area (Å²) in [6, 6.07) is 45.1. The molecular weight excluding hydrogens is 836 g/mol. The largest absolute Gasteiger partial charge is 0.475 e. The van der Waals surface area contributed by atoms with Crippen LogP contribution in [0.5, 0.6) is 0 Å². The van der Waals surface area contributed by atoms with Crippen LogP contribution in [0.15, 0.2) is 152 Å². The molecule has 5 aromatic rings. The third kappa shape index (κ3) is 17.7. The molecule has 0 amide bonds. The van der Waals surface area contributed by atoms with Crippen LogP contribution in [0.25, 0.3) is 0 Å². The summed E-state index contributed by atoms with van der Waals surface area (Å²) in [5.41, 5.74) is 3.55. The number of benzene rings is 5. The normalized spacial score (nSPS) is 16.0. The fourth-order valence-electron chi connectivity index (χ4n) is 5.24. The molecule has 5 aromatic carbocycles. The lowest BCUT2D eigenvalue weighted by Crippen LogP contribution is -2.38. The van der Waals surface area contributed by atoms with E-state index in [-0.39, 0.29) is 33.0 Å². The van der Waals surface area contributed by atoms with E-state index in [4.69, 9.17) is 40.7 Å². The summed E-state index contributed by atoms with van der Waals surface area (Å²) in [5.74, 6) is 0. The number of phosphoric acid groups is 1. The van der Waals surface area contributed by atoms with Crippen molar-refractivity contribution >= 4 is 30.6 Å². The van der Waals surface area contributed by atoms with Gasteiger partial charge in [0.2, 0.25) is 0 Å². The fraction of sp³-hybridized carbons (Fsp3) is 0.286. The van der Waals surface area contributed by atoms with Gasteiger partial charge < -0.3 is 27.1 Å². The molecule has 316 valence electrons. The topological polar surface area (TPSA) is 151 Å². The summed E-state index contributed by atoms with van der Waals surface area (Å²) < 4.78 is 109. The summed E-state index contributed by atoms with van der Waals surface area (Å²) in [5, 5.41) is 0. The van der Waals surface area contributed by atoms with E-state index in [1.54, 1.807) is 109 Å². The van der Waals surface area contributed by atoms with Crippen molar-refractivity contribution in [1.82, 2.24) is 0 Å². The molecule has 59 heavy (non-hydrogen) atoms. The molecular formula is C42H50O13P4. The second-order valence-electron chi connectivity index (χ2n) is 13.4. The molecule has 0 aromatic heterocycles. The zero-order valence-corrected chi connectivity index (χ0v) is 36.7. The van der Waals surface area contributed by atoms with Crippen LogP contribution in [0, 0.1) is 0 Å². The molecule has 0 saturated heterocycles. The molecule has 0 aliphatic rings. The summed E-state index contributed by atoms with van der Waals surface area (Å²) in [6.07, 6.45) is -3.03. The minimum atomic E-state index is -4.46. The van der Waals surface area contributed by atoms with E-state index < -0.39 is 56.0 Å². The maximum atomic E-state index is 14.4. The van der Waals surface area contributed by atoms with Gasteiger partial charge in [-0.05, 0) is 27.8 Å². The van der Waals surface area contributed by atoms with Gasteiger partial charge in [0.05, 0.1) is 46.2 Å². The minimum Gasteiger partial charge on any atom is -0.306 e. The highest BCUT2D eigenvalue weighted by Crippen LogP contribution is 2.55. The lowest BCUT2D eigenvalue weighted by Gasteiger charge is -2.32. The van der Waals surface area contributed by atoms with Crippen LogP contribution >= 0.6 is 30.6 Å². The van der Waals surface area contributed by atoms with Crippen molar-refractivity contribution in [3.63, 3.8) is 0 Å². The van der Waals surface area contributed by atoms with Crippen molar-refractivity contribution < 1.29 is 59.0 Å². The first kappa shape index (κ1) is 46.7. The van der Waals surface area contributed by atoms with E-state index in [2.05, 4.69) is 0 Å². The van der Waals surface area contributed by atoms with E-state index in [1.165, 1.54) is 20.0 Å². The van der Waals surface area contributed by atoms with Gasteiger partial charge in [0.1, 0.15) is 12.2 Å². The smallest absolute Gasteiger partial charge is 0.306 e. The van der Waals surface area contributed by atoms with Gasteiger partial charge in [-0.15, -0.1) is 0 Å². The second kappa shape index (κ2) is 23.0. The van der Waals surface area contributed by atoms with Gasteiger partial charge in [-0.1, -0.05) is 152 Å². The monoisotopic (exact) mass is 886 g/mol. The molecule has 0 saturated carbocycles. The molecule has 5 atom stereocenters. The van der Waals surface area contributed by atoms with Crippen LogP contribution in [0.1, 0.15) is 27.8 Å². The minimum absolute atomic E-state index is 0.0339. The maximum Gasteiger partial charge on any atom is 0.475 e. The summed E-state index contributed by atoms with van der Waals surface area (Å²) >= 11 is 0. The van der Waals surface area contributed by atoms with Crippen LogP contribution in [0.3, 0.4) is 0 Å². The second-order valence-corrected chi connectivity index (χ2v) is 21.2. The van der Waals surface area contributed by atoms with Crippen molar-refractivity contribution in [2.45, 2.75) is 45.2 Å². The number of rotatable bonds is 26. The first-order chi connectivity index (χ1) is 28.3. The molecule has 5 rings (SSSR count). The van der Waals surface area contributed by atoms with Gasteiger partial charge in [0.25, 0.3) is 0 Å². The highest BCUT2D eigenvalue weighted by Gasteiger charge is 2.39. The Hall–Kier alpha value is -3.34. The van der Waals surface area contributed by atoms with Gasteiger partial charge in [0, 0.05) is 20.0 Å². The van der Waals surface area contributed by atoms with Crippen molar-refractivity contribution in [2.75, 3.05) is 33.2 Å². The maximum absolute atomic E-state index is 14.4. The molecule has 0 bridgehead atoms. The molecule has 0 heterocycles. The van der Waals surface area contributed by atoms with Crippen molar-refractivity contribution in [3.05, 3.63) is 179 Å². The average molecular weight is 887 g/mol. The molecule has 0 aliphatic heterocycles. The van der Waals surface area contributed by atoms with Crippen molar-refractivity contribution in [2.24, 2.45) is 0 Å². The van der Waals surface area contributed by atoms with E-state index in [9.17, 15) is 18.3 Å². The zero-order chi connectivity index (χ0) is 42.0. The predicted octanol–water partition coefficient (Wildman–Crippen LogP) is 11.5. The highest BCUT2D eigenvalue weighted by atomic mass is 31.2. The zero-order valence-electron chi connectivity index (χ0n) is 33.1. The quantitative estimate of drug-likeness (QED) is 0.0485. The Kier molecular flexibility index (Phi) is 18.2. The van der Waals surface area contributed by atoms with Gasteiger partial charge in [-0.25, -0.2) is 4.57 Å². The van der Waals surface area contributed by atoms with Crippen LogP contribution in [-0.2, 0) is 92.0 Å².